The average Bonchev–Trinajstić information content (AvgIpc) is 2.88. The monoisotopic (exact) mass is 392 g/mol. The molecule has 3 aromatic carbocycles. The van der Waals surface area contributed by atoms with Crippen LogP contribution in [0.15, 0.2) is 53.4 Å². The number of carbonyl (C=O) groups is 1. The van der Waals surface area contributed by atoms with Crippen molar-refractivity contribution in [1.29, 1.82) is 0 Å². The van der Waals surface area contributed by atoms with Gasteiger partial charge in [0.15, 0.2) is 0 Å². The summed E-state index contributed by atoms with van der Waals surface area (Å²) in [6, 6.07) is 12.5. The Labute approximate surface area is 153 Å². The molecule has 1 amide bonds. The van der Waals surface area contributed by atoms with Crippen LogP contribution in [0.1, 0.15) is 10.4 Å². The first kappa shape index (κ1) is 16.2. The number of sulfonamides is 1. The smallest absolute Gasteiger partial charge is 0.262 e. The molecule has 0 radical (unpaired) electrons. The number of anilines is 2. The van der Waals surface area contributed by atoms with Crippen LogP contribution < -0.4 is 10.0 Å². The van der Waals surface area contributed by atoms with E-state index in [1.54, 1.807) is 30.3 Å². The molecule has 25 heavy (non-hydrogen) atoms. The summed E-state index contributed by atoms with van der Waals surface area (Å²) in [5.41, 5.74) is 1.27. The van der Waals surface area contributed by atoms with E-state index in [0.29, 0.717) is 27.0 Å². The van der Waals surface area contributed by atoms with Crippen LogP contribution in [0.3, 0.4) is 0 Å². The number of amides is 1. The minimum atomic E-state index is -3.92. The van der Waals surface area contributed by atoms with Crippen LogP contribution in [0.5, 0.6) is 0 Å². The quantitative estimate of drug-likeness (QED) is 0.688. The summed E-state index contributed by atoms with van der Waals surface area (Å²) in [6.45, 7) is 0. The van der Waals surface area contributed by atoms with Gasteiger partial charge in [0.25, 0.3) is 15.9 Å². The number of benzene rings is 3. The molecule has 0 aliphatic carbocycles. The van der Waals surface area contributed by atoms with Crippen LogP contribution in [0.2, 0.25) is 10.0 Å². The fourth-order valence-electron chi connectivity index (χ4n) is 2.87. The molecule has 0 bridgehead atoms. The van der Waals surface area contributed by atoms with E-state index in [1.165, 1.54) is 18.2 Å². The Morgan fingerprint density at radius 2 is 1.80 bits per heavy atom. The molecule has 126 valence electrons. The number of hydrogen-bond acceptors (Lipinski definition) is 3. The SMILES string of the molecule is O=C1Nc2ccc(S(=O)(=O)Nc3ccc(Cl)cc3Cl)c3cccc1c23. The van der Waals surface area contributed by atoms with Crippen molar-refractivity contribution in [2.45, 2.75) is 4.90 Å². The van der Waals surface area contributed by atoms with Crippen molar-refractivity contribution in [1.82, 2.24) is 0 Å². The molecule has 1 heterocycles. The second kappa shape index (κ2) is 5.62. The summed E-state index contributed by atoms with van der Waals surface area (Å²) in [5, 5.41) is 4.38. The van der Waals surface area contributed by atoms with Crippen LogP contribution in [0.25, 0.3) is 10.8 Å². The minimum absolute atomic E-state index is 0.0654. The topological polar surface area (TPSA) is 75.3 Å². The highest BCUT2D eigenvalue weighted by atomic mass is 35.5. The molecular formula is C17H10Cl2N2O3S. The lowest BCUT2D eigenvalue weighted by Crippen LogP contribution is -2.13. The summed E-state index contributed by atoms with van der Waals surface area (Å²) >= 11 is 11.9. The van der Waals surface area contributed by atoms with Crippen molar-refractivity contribution in [3.63, 3.8) is 0 Å². The predicted octanol–water partition coefficient (Wildman–Crippen LogP) is 4.51. The lowest BCUT2D eigenvalue weighted by Gasteiger charge is -2.12. The van der Waals surface area contributed by atoms with Gasteiger partial charge in [-0.3, -0.25) is 9.52 Å². The molecule has 0 fully saturated rings. The Bertz CT molecular complexity index is 1160. The molecule has 0 atom stereocenters. The Hall–Kier alpha value is -2.28. The summed E-state index contributed by atoms with van der Waals surface area (Å²) < 4.78 is 28.2. The van der Waals surface area contributed by atoms with Crippen molar-refractivity contribution in [3.8, 4) is 0 Å². The second-order valence-electron chi connectivity index (χ2n) is 5.52. The fourth-order valence-corrected chi connectivity index (χ4v) is 4.67. The number of carbonyl (C=O) groups excluding carboxylic acids is 1. The number of hydrogen-bond donors (Lipinski definition) is 2. The van der Waals surface area contributed by atoms with Gasteiger partial charge in [0.05, 0.1) is 15.6 Å². The van der Waals surface area contributed by atoms with Crippen molar-refractivity contribution in [2.24, 2.45) is 0 Å². The highest BCUT2D eigenvalue weighted by molar-refractivity contribution is 7.93. The van der Waals surface area contributed by atoms with Gasteiger partial charge in [0.1, 0.15) is 0 Å². The van der Waals surface area contributed by atoms with E-state index in [9.17, 15) is 13.2 Å². The van der Waals surface area contributed by atoms with Gasteiger partial charge in [0.2, 0.25) is 0 Å². The third kappa shape index (κ3) is 2.63. The Morgan fingerprint density at radius 3 is 2.56 bits per heavy atom. The largest absolute Gasteiger partial charge is 0.321 e. The first-order valence-electron chi connectivity index (χ1n) is 7.22. The second-order valence-corrected chi connectivity index (χ2v) is 8.02. The third-order valence-corrected chi connectivity index (χ3v) is 5.93. The maximum Gasteiger partial charge on any atom is 0.262 e. The van der Waals surface area contributed by atoms with Gasteiger partial charge in [0, 0.05) is 27.0 Å². The number of halogens is 2. The molecule has 0 saturated carbocycles. The standard InChI is InChI=1S/C17H10Cl2N2O3S/c18-9-4-5-13(12(19)8-9)21-25(23,24)15-7-6-14-16-10(15)2-1-3-11(16)17(22)20-14/h1-8,21H,(H,20,22). The minimum Gasteiger partial charge on any atom is -0.321 e. The molecule has 1 aliphatic rings. The molecule has 0 saturated heterocycles. The van der Waals surface area contributed by atoms with E-state index < -0.39 is 10.0 Å². The lowest BCUT2D eigenvalue weighted by atomic mass is 10.1. The van der Waals surface area contributed by atoms with Crippen LogP contribution in [0, 0.1) is 0 Å². The zero-order valence-electron chi connectivity index (χ0n) is 12.5. The molecule has 3 aromatic rings. The van der Waals surface area contributed by atoms with E-state index >= 15 is 0 Å². The Morgan fingerprint density at radius 1 is 1.00 bits per heavy atom. The van der Waals surface area contributed by atoms with E-state index in [-0.39, 0.29) is 21.5 Å². The van der Waals surface area contributed by atoms with Crippen molar-refractivity contribution in [3.05, 3.63) is 64.1 Å². The maximum absolute atomic E-state index is 12.9. The maximum atomic E-state index is 12.9. The van der Waals surface area contributed by atoms with Crippen LogP contribution in [-0.2, 0) is 10.0 Å². The summed E-state index contributed by atoms with van der Waals surface area (Å²) in [5.74, 6) is -0.246. The van der Waals surface area contributed by atoms with E-state index in [1.807, 2.05) is 0 Å². The van der Waals surface area contributed by atoms with Crippen molar-refractivity contribution in [2.75, 3.05) is 10.0 Å². The third-order valence-electron chi connectivity index (χ3n) is 3.96. The highest BCUT2D eigenvalue weighted by Gasteiger charge is 2.26. The molecule has 4 rings (SSSR count). The molecule has 0 aromatic heterocycles. The first-order valence-corrected chi connectivity index (χ1v) is 9.46. The lowest BCUT2D eigenvalue weighted by molar-refractivity contribution is 0.103. The summed E-state index contributed by atoms with van der Waals surface area (Å²) in [6.07, 6.45) is 0. The molecule has 0 unspecified atom stereocenters. The van der Waals surface area contributed by atoms with Crippen LogP contribution >= 0.6 is 23.2 Å². The average molecular weight is 393 g/mol. The first-order chi connectivity index (χ1) is 11.9. The van der Waals surface area contributed by atoms with Gasteiger partial charge in [-0.2, -0.15) is 0 Å². The van der Waals surface area contributed by atoms with Crippen molar-refractivity contribution >= 4 is 61.3 Å². The van der Waals surface area contributed by atoms with Crippen molar-refractivity contribution < 1.29 is 13.2 Å². The Balaban J connectivity index is 1.87. The highest BCUT2D eigenvalue weighted by Crippen LogP contribution is 2.37. The summed E-state index contributed by atoms with van der Waals surface area (Å²) in [4.78, 5) is 12.0. The fraction of sp³-hybridized carbons (Fsp3) is 0. The van der Waals surface area contributed by atoms with E-state index in [0.717, 1.165) is 0 Å². The van der Waals surface area contributed by atoms with Gasteiger partial charge < -0.3 is 5.32 Å². The van der Waals surface area contributed by atoms with E-state index in [2.05, 4.69) is 10.0 Å². The zero-order chi connectivity index (χ0) is 17.8. The van der Waals surface area contributed by atoms with Gasteiger partial charge in [-0.1, -0.05) is 35.3 Å². The normalized spacial score (nSPS) is 13.1. The van der Waals surface area contributed by atoms with Gasteiger partial charge in [-0.05, 0) is 36.4 Å². The Kier molecular flexibility index (Phi) is 3.64. The molecule has 2 N–H and O–H groups in total. The van der Waals surface area contributed by atoms with Crippen LogP contribution in [0.4, 0.5) is 11.4 Å². The van der Waals surface area contributed by atoms with E-state index in [4.69, 9.17) is 23.2 Å². The zero-order valence-corrected chi connectivity index (χ0v) is 14.8. The summed E-state index contributed by atoms with van der Waals surface area (Å²) in [7, 11) is -3.92. The number of rotatable bonds is 3. The number of nitrogens with one attached hydrogen (secondary N) is 2. The molecule has 5 nitrogen and oxygen atoms in total. The molecular weight excluding hydrogens is 383 g/mol. The molecule has 8 heteroatoms. The molecule has 1 aliphatic heterocycles. The van der Waals surface area contributed by atoms with Crippen LogP contribution in [-0.4, -0.2) is 14.3 Å². The molecule has 0 spiro atoms. The van der Waals surface area contributed by atoms with Gasteiger partial charge >= 0.3 is 0 Å². The van der Waals surface area contributed by atoms with Gasteiger partial charge in [-0.25, -0.2) is 8.42 Å². The predicted molar refractivity (Wildman–Crippen MR) is 99.2 cm³/mol. The van der Waals surface area contributed by atoms with Gasteiger partial charge in [-0.15, -0.1) is 0 Å².